The zero-order valence-corrected chi connectivity index (χ0v) is 39.2. The van der Waals surface area contributed by atoms with Gasteiger partial charge in [0.05, 0.1) is 34.6 Å². The molecule has 10 aromatic rings. The van der Waals surface area contributed by atoms with E-state index in [4.69, 9.17) is 9.31 Å². The van der Waals surface area contributed by atoms with Crippen molar-refractivity contribution in [1.29, 1.82) is 0 Å². The molecule has 0 radical (unpaired) electrons. The second-order valence-corrected chi connectivity index (χ2v) is 18.4. The zero-order valence-electron chi connectivity index (χ0n) is 37.6. The van der Waals surface area contributed by atoms with E-state index < -0.39 is 0 Å². The first-order chi connectivity index (χ1) is 32.2. The van der Waals surface area contributed by atoms with Gasteiger partial charge in [-0.1, -0.05) is 180 Å². The fourth-order valence-electron chi connectivity index (χ4n) is 8.74. The average Bonchev–Trinajstić information content (AvgIpc) is 4.09. The van der Waals surface area contributed by atoms with Crippen LogP contribution in [0.15, 0.2) is 224 Å². The largest absolute Gasteiger partial charge is 0.497 e. The molecule has 1 aliphatic heterocycles. The molecule has 2 N–H and O–H groups in total. The van der Waals surface area contributed by atoms with Gasteiger partial charge in [0.25, 0.3) is 0 Å². The molecule has 0 amide bonds. The predicted molar refractivity (Wildman–Crippen MR) is 275 cm³/mol. The molecule has 0 unspecified atom stereocenters. The topological polar surface area (TPSA) is 75.8 Å². The smallest absolute Gasteiger partial charge is 0.399 e. The molecule has 326 valence electrons. The quantitative estimate of drug-likeness (QED) is 0.118. The molecule has 0 atom stereocenters. The first-order valence-electron chi connectivity index (χ1n) is 22.4. The van der Waals surface area contributed by atoms with Crippen molar-refractivity contribution in [3.8, 4) is 11.1 Å². The summed E-state index contributed by atoms with van der Waals surface area (Å²) < 4.78 is 13.3. The second kappa shape index (κ2) is 19.7. The van der Waals surface area contributed by atoms with Crippen LogP contribution in [0.25, 0.3) is 32.9 Å². The number of aromatic nitrogens is 4. The maximum atomic E-state index is 6.05. The van der Waals surface area contributed by atoms with Crippen LogP contribution in [0.4, 0.5) is 0 Å². The van der Waals surface area contributed by atoms with Crippen LogP contribution in [0.2, 0.25) is 0 Å². The van der Waals surface area contributed by atoms with Gasteiger partial charge in [0.1, 0.15) is 0 Å². The summed E-state index contributed by atoms with van der Waals surface area (Å²) in [6.45, 7) is 8.21. The summed E-state index contributed by atoms with van der Waals surface area (Å²) >= 11 is 3.69. The predicted octanol–water partition coefficient (Wildman–Crippen LogP) is 13.9. The van der Waals surface area contributed by atoms with Gasteiger partial charge in [-0.15, -0.1) is 0 Å². The molecule has 1 fully saturated rings. The molecule has 1 aliphatic rings. The molecular formula is C58H52BBrN4O2. The van der Waals surface area contributed by atoms with E-state index in [9.17, 15) is 0 Å². The number of rotatable bonds is 8. The first-order valence-corrected chi connectivity index (χ1v) is 23.2. The Morgan fingerprint density at radius 1 is 0.439 bits per heavy atom. The molecule has 6 nitrogen and oxygen atoms in total. The van der Waals surface area contributed by atoms with Crippen molar-refractivity contribution >= 4 is 50.3 Å². The Bertz CT molecular complexity index is 3040. The highest BCUT2D eigenvalue weighted by molar-refractivity contribution is 9.10. The molecule has 5 heterocycles. The molecule has 0 aliphatic carbocycles. The third kappa shape index (κ3) is 9.45. The van der Waals surface area contributed by atoms with E-state index in [0.29, 0.717) is 0 Å². The van der Waals surface area contributed by atoms with Crippen LogP contribution < -0.4 is 5.46 Å². The highest BCUT2D eigenvalue weighted by Gasteiger charge is 2.52. The number of H-pyrrole nitrogens is 2. The Morgan fingerprint density at radius 3 is 1.36 bits per heavy atom. The highest BCUT2D eigenvalue weighted by atomic mass is 79.9. The number of nitrogens with one attached hydrogen (secondary N) is 2. The third-order valence-electron chi connectivity index (χ3n) is 12.8. The highest BCUT2D eigenvalue weighted by Crippen LogP contribution is 2.40. The number of hydrogen-bond donors (Lipinski definition) is 2. The summed E-state index contributed by atoms with van der Waals surface area (Å²) in [5, 5.41) is 2.30. The van der Waals surface area contributed by atoms with Gasteiger partial charge >= 0.3 is 7.12 Å². The van der Waals surface area contributed by atoms with Crippen LogP contribution in [0.5, 0.6) is 0 Å². The van der Waals surface area contributed by atoms with E-state index in [1.807, 2.05) is 43.2 Å². The summed E-state index contributed by atoms with van der Waals surface area (Å²) in [5.41, 5.74) is 12.6. The molecule has 0 bridgehead atoms. The molecule has 0 saturated carbocycles. The Morgan fingerprint density at radius 2 is 0.848 bits per heavy atom. The molecule has 11 rings (SSSR count). The third-order valence-corrected chi connectivity index (χ3v) is 13.5. The number of nitrogens with zero attached hydrogens (tertiary/aromatic N) is 2. The Balaban J connectivity index is 0.000000129. The maximum Gasteiger partial charge on any atom is 0.497 e. The Labute approximate surface area is 396 Å². The van der Waals surface area contributed by atoms with Crippen LogP contribution in [0.1, 0.15) is 72.9 Å². The lowest BCUT2D eigenvalue weighted by Crippen LogP contribution is -2.41. The number of fused-ring (bicyclic) bond motifs is 2. The summed E-state index contributed by atoms with van der Waals surface area (Å²) in [7, 11) is -0.359. The molecule has 66 heavy (non-hydrogen) atoms. The van der Waals surface area contributed by atoms with Gasteiger partial charge in [-0.2, -0.15) is 0 Å². The van der Waals surface area contributed by atoms with E-state index in [1.54, 1.807) is 0 Å². The van der Waals surface area contributed by atoms with Gasteiger partial charge in [0, 0.05) is 62.9 Å². The van der Waals surface area contributed by atoms with E-state index in [1.165, 1.54) is 44.3 Å². The second-order valence-electron chi connectivity index (χ2n) is 17.5. The lowest BCUT2D eigenvalue weighted by atomic mass is 9.78. The molecule has 6 aromatic carbocycles. The van der Waals surface area contributed by atoms with Crippen LogP contribution in [0, 0.1) is 0 Å². The van der Waals surface area contributed by atoms with Crippen molar-refractivity contribution in [3.63, 3.8) is 0 Å². The van der Waals surface area contributed by atoms with Crippen LogP contribution in [-0.4, -0.2) is 38.3 Å². The minimum Gasteiger partial charge on any atom is -0.399 e. The molecule has 4 aromatic heterocycles. The average molecular weight is 928 g/mol. The van der Waals surface area contributed by atoms with Crippen molar-refractivity contribution in [3.05, 3.63) is 257 Å². The number of benzene rings is 6. The van der Waals surface area contributed by atoms with E-state index in [-0.39, 0.29) is 30.2 Å². The van der Waals surface area contributed by atoms with Crippen molar-refractivity contribution < 1.29 is 9.31 Å². The van der Waals surface area contributed by atoms with Crippen LogP contribution in [-0.2, 0) is 9.31 Å². The van der Waals surface area contributed by atoms with Crippen molar-refractivity contribution in [2.75, 3.05) is 0 Å². The SMILES string of the molecule is Brc1ccccc1C(c1ccccc1)c1ccccc1.CC1(C)OB(c2cncc3[nH]ccc23)OC1(C)C.c1ccc(C(c2ccccc2)c2ccccc2-c2cncc3[nH]ccc23)cc1. The van der Waals surface area contributed by atoms with E-state index in [2.05, 4.69) is 239 Å². The summed E-state index contributed by atoms with van der Waals surface area (Å²) in [5.74, 6) is 0.417. The molecule has 8 heteroatoms. The van der Waals surface area contributed by atoms with Crippen LogP contribution in [0.3, 0.4) is 0 Å². The first kappa shape index (κ1) is 44.4. The number of hydrogen-bond acceptors (Lipinski definition) is 4. The summed E-state index contributed by atoms with van der Waals surface area (Å²) in [6.07, 6.45) is 11.4. The number of pyridine rings is 2. The summed E-state index contributed by atoms with van der Waals surface area (Å²) in [6, 6.07) is 64.0. The Hall–Kier alpha value is -6.84. The van der Waals surface area contributed by atoms with Crippen molar-refractivity contribution in [2.24, 2.45) is 0 Å². The van der Waals surface area contributed by atoms with E-state index >= 15 is 0 Å². The van der Waals surface area contributed by atoms with Gasteiger partial charge in [-0.25, -0.2) is 0 Å². The number of aromatic amines is 2. The molecule has 1 saturated heterocycles. The van der Waals surface area contributed by atoms with Gasteiger partial charge < -0.3 is 19.3 Å². The standard InChI is InChI=1S/C26H20N2.C19H15Br.C13H17BN2O2/c1-3-9-19(10-4-1)26(20-11-5-2-6-12-20)23-14-8-7-13-21(23)24-17-27-18-25-22(24)15-16-28-25;20-18-14-8-7-13-17(18)19(15-9-3-1-4-10-15)16-11-5-2-6-12-16;1-12(2)13(3,4)18-14(17-12)10-7-15-8-11-9(10)5-6-16-11/h1-18,26,28H;1-14,19H;5-8,16H,1-4H3. The minimum absolute atomic E-state index is 0.160. The minimum atomic E-state index is -0.359. The molecule has 0 spiro atoms. The van der Waals surface area contributed by atoms with E-state index in [0.717, 1.165) is 31.9 Å². The lowest BCUT2D eigenvalue weighted by Gasteiger charge is -2.32. The van der Waals surface area contributed by atoms with Gasteiger partial charge in [-0.05, 0) is 84.8 Å². The normalized spacial score (nSPS) is 13.9. The van der Waals surface area contributed by atoms with Crippen molar-refractivity contribution in [1.82, 2.24) is 19.9 Å². The number of halogens is 1. The van der Waals surface area contributed by atoms with Gasteiger partial charge in [-0.3, -0.25) is 9.97 Å². The Kier molecular flexibility index (Phi) is 13.3. The fraction of sp³-hybridized carbons (Fsp3) is 0.138. The monoisotopic (exact) mass is 926 g/mol. The van der Waals surface area contributed by atoms with Gasteiger partial charge in [0.15, 0.2) is 0 Å². The zero-order chi connectivity index (χ0) is 45.5. The van der Waals surface area contributed by atoms with Crippen molar-refractivity contribution in [2.45, 2.75) is 50.7 Å². The maximum absolute atomic E-state index is 6.05. The lowest BCUT2D eigenvalue weighted by molar-refractivity contribution is 0.00578. The fourth-order valence-corrected chi connectivity index (χ4v) is 9.26. The van der Waals surface area contributed by atoms with Gasteiger partial charge in [0.2, 0.25) is 0 Å². The summed E-state index contributed by atoms with van der Waals surface area (Å²) in [4.78, 5) is 15.1. The molecular weight excluding hydrogens is 875 g/mol. The van der Waals surface area contributed by atoms with Crippen LogP contribution >= 0.6 is 15.9 Å².